The van der Waals surface area contributed by atoms with Crippen molar-refractivity contribution in [1.29, 1.82) is 0 Å². The molecule has 5 heteroatoms. The van der Waals surface area contributed by atoms with Gasteiger partial charge in [0.1, 0.15) is 0 Å². The molecule has 2 bridgehead atoms. The molecule has 0 radical (unpaired) electrons. The van der Waals surface area contributed by atoms with Crippen LogP contribution in [0.3, 0.4) is 0 Å². The smallest absolute Gasteiger partial charge is 0.251 e. The van der Waals surface area contributed by atoms with Crippen molar-refractivity contribution in [1.82, 2.24) is 5.32 Å². The van der Waals surface area contributed by atoms with Crippen molar-refractivity contribution in [2.24, 2.45) is 11.8 Å². The molecule has 2 fully saturated rings. The highest BCUT2D eigenvalue weighted by Gasteiger charge is 2.52. The number of nitrogens with one attached hydrogen (secondary N) is 1. The second-order valence-corrected chi connectivity index (χ2v) is 12.0. The number of anilines is 1. The maximum Gasteiger partial charge on any atom is 0.251 e. The molecule has 3 aliphatic rings. The predicted octanol–water partition coefficient (Wildman–Crippen LogP) is 6.56. The summed E-state index contributed by atoms with van der Waals surface area (Å²) in [6.07, 6.45) is 11.3. The Bertz CT molecular complexity index is 1020. The Balaban J connectivity index is 1.54. The molecule has 1 aromatic carbocycles. The third kappa shape index (κ3) is 4.01. The summed E-state index contributed by atoms with van der Waals surface area (Å²) >= 11 is 5.15. The minimum atomic E-state index is 0.0815. The fourth-order valence-electron chi connectivity index (χ4n) is 6.53. The average Bonchev–Trinajstić information content (AvgIpc) is 3.20. The van der Waals surface area contributed by atoms with Gasteiger partial charge in [0.05, 0.1) is 0 Å². The van der Waals surface area contributed by atoms with Crippen LogP contribution >= 0.6 is 27.3 Å². The van der Waals surface area contributed by atoms with Gasteiger partial charge in [0.2, 0.25) is 0 Å². The van der Waals surface area contributed by atoms with Crippen LogP contribution in [0.25, 0.3) is 6.08 Å². The van der Waals surface area contributed by atoms with E-state index >= 15 is 0 Å². The monoisotopic (exact) mass is 512 g/mol. The van der Waals surface area contributed by atoms with Crippen molar-refractivity contribution in [3.63, 3.8) is 0 Å². The van der Waals surface area contributed by atoms with Crippen LogP contribution < -0.4 is 10.2 Å². The average molecular weight is 514 g/mol. The standard InChI is InChI=1S/C27H33BrN2OS/c1-18(2)16-30(26(31)10-9-20-14-19(28)17-32-20)25-8-5-7-22-21(25)15-24-23-6-3-4-11-27(22,23)12-13-29-24/h5,7-10,14,17-18,23-24,29H,3-4,6,11-13,15-16H2,1-2H3/t23-,24+,27-/m0/s1. The summed E-state index contributed by atoms with van der Waals surface area (Å²) in [5.41, 5.74) is 4.41. The van der Waals surface area contributed by atoms with E-state index in [9.17, 15) is 4.79 Å². The van der Waals surface area contributed by atoms with E-state index in [0.29, 0.717) is 17.4 Å². The van der Waals surface area contributed by atoms with Gasteiger partial charge in [-0.05, 0) is 89.3 Å². The highest BCUT2D eigenvalue weighted by atomic mass is 79.9. The van der Waals surface area contributed by atoms with Gasteiger partial charge in [0, 0.05) is 44.5 Å². The fraction of sp³-hybridized carbons (Fsp3) is 0.519. The Morgan fingerprint density at radius 1 is 1.34 bits per heavy atom. The van der Waals surface area contributed by atoms with E-state index in [-0.39, 0.29) is 5.91 Å². The molecule has 3 atom stereocenters. The predicted molar refractivity (Wildman–Crippen MR) is 138 cm³/mol. The Hall–Kier alpha value is -1.43. The Kier molecular flexibility index (Phi) is 6.34. The molecule has 1 saturated heterocycles. The van der Waals surface area contributed by atoms with E-state index in [4.69, 9.17) is 0 Å². The van der Waals surface area contributed by atoms with Crippen molar-refractivity contribution < 1.29 is 4.79 Å². The number of hydrogen-bond acceptors (Lipinski definition) is 3. The van der Waals surface area contributed by atoms with Crippen LogP contribution in [0.1, 0.15) is 62.0 Å². The van der Waals surface area contributed by atoms with Crippen molar-refractivity contribution in [2.75, 3.05) is 18.0 Å². The first-order valence-electron chi connectivity index (χ1n) is 12.1. The van der Waals surface area contributed by atoms with Gasteiger partial charge in [-0.3, -0.25) is 4.79 Å². The molecule has 2 heterocycles. The number of benzene rings is 1. The molecule has 1 aromatic heterocycles. The number of piperidine rings is 1. The zero-order valence-corrected chi connectivity index (χ0v) is 21.5. The van der Waals surface area contributed by atoms with E-state index in [0.717, 1.165) is 40.5 Å². The Morgan fingerprint density at radius 2 is 2.22 bits per heavy atom. The molecular weight excluding hydrogens is 480 g/mol. The summed E-state index contributed by atoms with van der Waals surface area (Å²) in [5.74, 6) is 1.23. The normalized spacial score (nSPS) is 26.8. The maximum atomic E-state index is 13.5. The van der Waals surface area contributed by atoms with E-state index in [1.807, 2.05) is 11.0 Å². The molecule has 32 heavy (non-hydrogen) atoms. The van der Waals surface area contributed by atoms with Gasteiger partial charge in [0.25, 0.3) is 5.91 Å². The number of halogens is 1. The van der Waals surface area contributed by atoms with Gasteiger partial charge in [-0.15, -0.1) is 11.3 Å². The quantitative estimate of drug-likeness (QED) is 0.460. The van der Waals surface area contributed by atoms with Crippen LogP contribution in [0.15, 0.2) is 40.2 Å². The molecule has 1 saturated carbocycles. The highest BCUT2D eigenvalue weighted by Crippen LogP contribution is 2.55. The van der Waals surface area contributed by atoms with E-state index < -0.39 is 0 Å². The molecule has 0 spiro atoms. The first-order chi connectivity index (χ1) is 15.5. The zero-order chi connectivity index (χ0) is 22.3. The van der Waals surface area contributed by atoms with Crippen LogP contribution in [0.5, 0.6) is 0 Å². The molecular formula is C27H33BrN2OS. The summed E-state index contributed by atoms with van der Waals surface area (Å²) < 4.78 is 1.06. The lowest BCUT2D eigenvalue weighted by Crippen LogP contribution is -2.59. The van der Waals surface area contributed by atoms with Gasteiger partial charge in [-0.2, -0.15) is 0 Å². The SMILES string of the molecule is CC(C)CN(C(=O)C=Cc1cc(Br)cs1)c1cccc2c1C[C@H]1NCC[C@@]23CCCC[C@@H]13. The lowest BCUT2D eigenvalue weighted by molar-refractivity contribution is -0.114. The summed E-state index contributed by atoms with van der Waals surface area (Å²) in [6.45, 7) is 6.25. The number of nitrogens with zero attached hydrogens (tertiary/aromatic N) is 1. The molecule has 1 aliphatic heterocycles. The minimum absolute atomic E-state index is 0.0815. The third-order valence-electron chi connectivity index (χ3n) is 7.76. The Morgan fingerprint density at radius 3 is 3.00 bits per heavy atom. The Labute approximate surface area is 204 Å². The van der Waals surface area contributed by atoms with Gasteiger partial charge < -0.3 is 10.2 Å². The first-order valence-corrected chi connectivity index (χ1v) is 13.7. The molecule has 2 aliphatic carbocycles. The van der Waals surface area contributed by atoms with Crippen LogP contribution in [0.2, 0.25) is 0 Å². The highest BCUT2D eigenvalue weighted by molar-refractivity contribution is 9.10. The van der Waals surface area contributed by atoms with E-state index in [1.54, 1.807) is 23.0 Å². The number of thiophene rings is 1. The molecule has 1 amide bonds. The molecule has 2 aromatic rings. The van der Waals surface area contributed by atoms with Crippen LogP contribution in [0, 0.1) is 11.8 Å². The summed E-state index contributed by atoms with van der Waals surface area (Å²) in [7, 11) is 0. The number of rotatable bonds is 5. The van der Waals surface area contributed by atoms with Crippen molar-refractivity contribution in [3.05, 3.63) is 56.2 Å². The number of carbonyl (C=O) groups is 1. The zero-order valence-electron chi connectivity index (χ0n) is 19.1. The molecule has 1 N–H and O–H groups in total. The summed E-state index contributed by atoms with van der Waals surface area (Å²) in [5, 5.41) is 5.90. The molecule has 3 nitrogen and oxygen atoms in total. The van der Waals surface area contributed by atoms with Crippen LogP contribution in [-0.2, 0) is 16.6 Å². The van der Waals surface area contributed by atoms with Gasteiger partial charge in [-0.25, -0.2) is 0 Å². The van der Waals surface area contributed by atoms with Crippen molar-refractivity contribution >= 4 is 44.9 Å². The van der Waals surface area contributed by atoms with Gasteiger partial charge >= 0.3 is 0 Å². The van der Waals surface area contributed by atoms with Crippen LogP contribution in [-0.4, -0.2) is 25.0 Å². The fourth-order valence-corrected chi connectivity index (χ4v) is 7.87. The van der Waals surface area contributed by atoms with Gasteiger partial charge in [-0.1, -0.05) is 38.8 Å². The number of amides is 1. The largest absolute Gasteiger partial charge is 0.313 e. The lowest BCUT2D eigenvalue weighted by Gasteiger charge is -2.56. The molecule has 0 unspecified atom stereocenters. The molecule has 170 valence electrons. The topological polar surface area (TPSA) is 32.3 Å². The van der Waals surface area contributed by atoms with Crippen molar-refractivity contribution in [3.8, 4) is 0 Å². The van der Waals surface area contributed by atoms with E-state index in [1.165, 1.54) is 37.7 Å². The molecule has 5 rings (SSSR count). The van der Waals surface area contributed by atoms with Gasteiger partial charge in [0.15, 0.2) is 0 Å². The van der Waals surface area contributed by atoms with E-state index in [2.05, 4.69) is 64.7 Å². The number of hydrogen-bond donors (Lipinski definition) is 1. The lowest BCUT2D eigenvalue weighted by atomic mass is 9.52. The third-order valence-corrected chi connectivity index (χ3v) is 9.41. The maximum absolute atomic E-state index is 13.5. The second kappa shape index (κ2) is 9.08. The van der Waals surface area contributed by atoms with Crippen molar-refractivity contribution in [2.45, 2.75) is 63.8 Å². The van der Waals surface area contributed by atoms with Crippen LogP contribution in [0.4, 0.5) is 5.69 Å². The summed E-state index contributed by atoms with van der Waals surface area (Å²) in [4.78, 5) is 16.6. The number of carbonyl (C=O) groups excluding carboxylic acids is 1. The number of fused-ring (bicyclic) bond motifs is 1. The first kappa shape index (κ1) is 22.4. The minimum Gasteiger partial charge on any atom is -0.313 e. The second-order valence-electron chi connectivity index (χ2n) is 10.2. The summed E-state index contributed by atoms with van der Waals surface area (Å²) in [6, 6.07) is 9.38.